The van der Waals surface area contributed by atoms with Crippen molar-refractivity contribution >= 4 is 23.2 Å². The highest BCUT2D eigenvalue weighted by atomic mass is 35.5. The number of nitrogens with one attached hydrogen (secondary N) is 1. The number of hydrogen-bond donors (Lipinski definition) is 1. The van der Waals surface area contributed by atoms with E-state index in [9.17, 15) is 4.79 Å². The third kappa shape index (κ3) is 3.91. The number of rotatable bonds is 4. The van der Waals surface area contributed by atoms with Crippen molar-refractivity contribution in [2.45, 2.75) is 39.0 Å². The van der Waals surface area contributed by atoms with Gasteiger partial charge in [-0.3, -0.25) is 9.69 Å². The van der Waals surface area contributed by atoms with Crippen LogP contribution >= 0.6 is 11.6 Å². The van der Waals surface area contributed by atoms with Gasteiger partial charge in [-0.1, -0.05) is 17.7 Å². The molecule has 2 aliphatic heterocycles. The summed E-state index contributed by atoms with van der Waals surface area (Å²) in [6.07, 6.45) is 2.03. The van der Waals surface area contributed by atoms with Crippen LogP contribution in [0, 0.1) is 12.8 Å². The Morgan fingerprint density at radius 1 is 1.38 bits per heavy atom. The number of amides is 1. The number of carbonyl (C=O) groups is 1. The fourth-order valence-corrected chi connectivity index (χ4v) is 3.58. The van der Waals surface area contributed by atoms with Crippen LogP contribution in [0.4, 0.5) is 5.69 Å². The molecule has 0 saturated carbocycles. The van der Waals surface area contributed by atoms with Gasteiger partial charge in [0.1, 0.15) is 0 Å². The van der Waals surface area contributed by atoms with Crippen LogP contribution < -0.4 is 5.32 Å². The average molecular weight is 353 g/mol. The molecule has 2 saturated heterocycles. The van der Waals surface area contributed by atoms with Crippen molar-refractivity contribution in [2.75, 3.05) is 31.6 Å². The Hall–Kier alpha value is -1.14. The van der Waals surface area contributed by atoms with E-state index in [0.29, 0.717) is 24.2 Å². The van der Waals surface area contributed by atoms with E-state index in [1.807, 2.05) is 32.0 Å². The summed E-state index contributed by atoms with van der Waals surface area (Å²) < 4.78 is 11.3. The maximum atomic E-state index is 12.6. The van der Waals surface area contributed by atoms with Crippen molar-refractivity contribution in [1.82, 2.24) is 4.90 Å². The van der Waals surface area contributed by atoms with Crippen LogP contribution in [-0.4, -0.2) is 49.4 Å². The molecule has 132 valence electrons. The predicted molar refractivity (Wildman–Crippen MR) is 94.3 cm³/mol. The maximum Gasteiger partial charge on any atom is 0.241 e. The number of ether oxygens (including phenoxy) is 2. The van der Waals surface area contributed by atoms with Gasteiger partial charge in [0.15, 0.2) is 6.29 Å². The summed E-state index contributed by atoms with van der Waals surface area (Å²) in [4.78, 5) is 14.9. The number of piperidine rings is 1. The molecule has 0 bridgehead atoms. The lowest BCUT2D eigenvalue weighted by molar-refractivity contribution is -0.126. The average Bonchev–Trinajstić information content (AvgIpc) is 3.13. The Labute approximate surface area is 148 Å². The molecule has 2 aliphatic rings. The zero-order valence-corrected chi connectivity index (χ0v) is 15.0. The number of benzene rings is 1. The van der Waals surface area contributed by atoms with Gasteiger partial charge in [-0.15, -0.1) is 0 Å². The molecule has 0 radical (unpaired) electrons. The van der Waals surface area contributed by atoms with E-state index in [4.69, 9.17) is 21.1 Å². The van der Waals surface area contributed by atoms with Crippen molar-refractivity contribution in [1.29, 1.82) is 0 Å². The fourth-order valence-electron chi connectivity index (χ4n) is 3.41. The summed E-state index contributed by atoms with van der Waals surface area (Å²) in [5.41, 5.74) is 1.67. The van der Waals surface area contributed by atoms with E-state index in [0.717, 1.165) is 37.2 Å². The Balaban J connectivity index is 1.61. The maximum absolute atomic E-state index is 12.6. The number of carbonyl (C=O) groups excluding carboxylic acids is 1. The lowest BCUT2D eigenvalue weighted by Crippen LogP contribution is -2.49. The largest absolute Gasteiger partial charge is 0.350 e. The minimum absolute atomic E-state index is 0.00530. The van der Waals surface area contributed by atoms with Crippen molar-refractivity contribution in [2.24, 2.45) is 5.92 Å². The summed E-state index contributed by atoms with van der Waals surface area (Å²) in [5.74, 6) is 0.332. The molecule has 2 heterocycles. The van der Waals surface area contributed by atoms with E-state index in [1.165, 1.54) is 0 Å². The van der Waals surface area contributed by atoms with Gasteiger partial charge in [0.25, 0.3) is 0 Å². The molecule has 1 aromatic carbocycles. The molecule has 0 spiro atoms. The molecule has 1 amide bonds. The number of halogens is 1. The standard InChI is InChI=1S/C18H25ClN2O3/c1-12-15(19)6-3-7-16(12)20-17(22)13(2)21-8-4-5-14(11-21)18-23-9-10-24-18/h3,6-7,13-14,18H,4-5,8-11H2,1-2H3,(H,20,22)/t13-,14-/m0/s1. The SMILES string of the molecule is Cc1c(Cl)cccc1NC(=O)[C@H](C)N1CCC[C@H](C2OCCO2)C1. The van der Waals surface area contributed by atoms with Gasteiger partial charge in [-0.25, -0.2) is 0 Å². The molecule has 1 aromatic rings. The second-order valence-corrected chi connectivity index (χ2v) is 6.99. The monoisotopic (exact) mass is 352 g/mol. The van der Waals surface area contributed by atoms with Gasteiger partial charge in [-0.2, -0.15) is 0 Å². The topological polar surface area (TPSA) is 50.8 Å². The Morgan fingerprint density at radius 2 is 2.12 bits per heavy atom. The first-order valence-electron chi connectivity index (χ1n) is 8.59. The van der Waals surface area contributed by atoms with Crippen molar-refractivity contribution in [3.63, 3.8) is 0 Å². The van der Waals surface area contributed by atoms with Gasteiger partial charge >= 0.3 is 0 Å². The molecule has 2 atom stereocenters. The molecule has 6 heteroatoms. The third-order valence-electron chi connectivity index (χ3n) is 4.97. The second-order valence-electron chi connectivity index (χ2n) is 6.58. The van der Waals surface area contributed by atoms with Gasteiger partial charge in [-0.05, 0) is 50.9 Å². The minimum atomic E-state index is -0.201. The molecular weight excluding hydrogens is 328 g/mol. The van der Waals surface area contributed by atoms with E-state index >= 15 is 0 Å². The molecular formula is C18H25ClN2O3. The van der Waals surface area contributed by atoms with Crippen LogP contribution in [0.1, 0.15) is 25.3 Å². The highest BCUT2D eigenvalue weighted by Crippen LogP contribution is 2.27. The molecule has 0 unspecified atom stereocenters. The molecule has 0 aliphatic carbocycles. The number of likely N-dealkylation sites (tertiary alicyclic amines) is 1. The lowest BCUT2D eigenvalue weighted by Gasteiger charge is -2.37. The zero-order chi connectivity index (χ0) is 17.1. The van der Waals surface area contributed by atoms with Gasteiger partial charge in [0, 0.05) is 23.2 Å². The number of anilines is 1. The summed E-state index contributed by atoms with van der Waals surface area (Å²) in [6.45, 7) is 6.96. The van der Waals surface area contributed by atoms with Crippen LogP contribution in [0.3, 0.4) is 0 Å². The number of nitrogens with zero attached hydrogens (tertiary/aromatic N) is 1. The first kappa shape index (κ1) is 17.7. The zero-order valence-electron chi connectivity index (χ0n) is 14.3. The minimum Gasteiger partial charge on any atom is -0.350 e. The van der Waals surface area contributed by atoms with Gasteiger partial charge in [0.2, 0.25) is 5.91 Å². The molecule has 0 aromatic heterocycles. The molecule has 24 heavy (non-hydrogen) atoms. The van der Waals surface area contributed by atoms with Crippen LogP contribution in [0.15, 0.2) is 18.2 Å². The molecule has 1 N–H and O–H groups in total. The Bertz CT molecular complexity index is 590. The lowest BCUT2D eigenvalue weighted by atomic mass is 9.96. The second kappa shape index (κ2) is 7.83. The Morgan fingerprint density at radius 3 is 2.88 bits per heavy atom. The van der Waals surface area contributed by atoms with Crippen LogP contribution in [0.25, 0.3) is 0 Å². The summed E-state index contributed by atoms with van der Waals surface area (Å²) >= 11 is 6.13. The molecule has 2 fully saturated rings. The number of hydrogen-bond acceptors (Lipinski definition) is 4. The van der Waals surface area contributed by atoms with Crippen LogP contribution in [0.2, 0.25) is 5.02 Å². The summed E-state index contributed by atoms with van der Waals surface area (Å²) in [6, 6.07) is 5.35. The van der Waals surface area contributed by atoms with Crippen molar-refractivity contribution in [3.8, 4) is 0 Å². The highest BCUT2D eigenvalue weighted by Gasteiger charge is 2.34. The van der Waals surface area contributed by atoms with Gasteiger partial charge < -0.3 is 14.8 Å². The first-order chi connectivity index (χ1) is 11.6. The molecule has 5 nitrogen and oxygen atoms in total. The van der Waals surface area contributed by atoms with Crippen LogP contribution in [-0.2, 0) is 14.3 Å². The fraction of sp³-hybridized carbons (Fsp3) is 0.611. The summed E-state index contributed by atoms with van der Waals surface area (Å²) in [7, 11) is 0. The van der Waals surface area contributed by atoms with Crippen molar-refractivity contribution < 1.29 is 14.3 Å². The van der Waals surface area contributed by atoms with Crippen molar-refractivity contribution in [3.05, 3.63) is 28.8 Å². The molecule has 3 rings (SSSR count). The normalized spacial score (nSPS) is 24.0. The van der Waals surface area contributed by atoms with E-state index in [1.54, 1.807) is 0 Å². The first-order valence-corrected chi connectivity index (χ1v) is 8.97. The predicted octanol–water partition coefficient (Wildman–Crippen LogP) is 3.06. The van der Waals surface area contributed by atoms with Gasteiger partial charge in [0.05, 0.1) is 19.3 Å². The third-order valence-corrected chi connectivity index (χ3v) is 5.38. The quantitative estimate of drug-likeness (QED) is 0.904. The van der Waals surface area contributed by atoms with E-state index in [-0.39, 0.29) is 18.2 Å². The smallest absolute Gasteiger partial charge is 0.241 e. The van der Waals surface area contributed by atoms with E-state index < -0.39 is 0 Å². The Kier molecular flexibility index (Phi) is 5.76. The van der Waals surface area contributed by atoms with Crippen LogP contribution in [0.5, 0.6) is 0 Å². The summed E-state index contributed by atoms with van der Waals surface area (Å²) in [5, 5.41) is 3.67. The van der Waals surface area contributed by atoms with E-state index in [2.05, 4.69) is 10.2 Å². The highest BCUT2D eigenvalue weighted by molar-refractivity contribution is 6.31.